The zero-order chi connectivity index (χ0) is 9.97. The molecule has 1 unspecified atom stereocenters. The molecule has 0 aromatic carbocycles. The van der Waals surface area contributed by atoms with Crippen LogP contribution in [0.25, 0.3) is 0 Å². The van der Waals surface area contributed by atoms with E-state index in [0.717, 1.165) is 6.04 Å². The fraction of sp³-hybridized carbons (Fsp3) is 1.00. The molecule has 1 atom stereocenters. The van der Waals surface area contributed by atoms with Gasteiger partial charge < -0.3 is 4.90 Å². The Kier molecular flexibility index (Phi) is 4.08. The maximum atomic E-state index is 2.72. The van der Waals surface area contributed by atoms with E-state index < -0.39 is 0 Å². The summed E-state index contributed by atoms with van der Waals surface area (Å²) in [5.74, 6) is 0. The lowest BCUT2D eigenvalue weighted by atomic mass is 10.0. The number of piperidine rings is 1. The molecule has 2 aliphatic heterocycles. The second-order valence-electron chi connectivity index (χ2n) is 4.58. The second-order valence-corrected chi connectivity index (χ2v) is 6.39. The van der Waals surface area contributed by atoms with Crippen LogP contribution in [0.5, 0.6) is 0 Å². The number of rotatable bonds is 2. The van der Waals surface area contributed by atoms with E-state index in [-0.39, 0.29) is 0 Å². The Balaban J connectivity index is 1.77. The van der Waals surface area contributed by atoms with Crippen LogP contribution in [0.1, 0.15) is 32.6 Å². The molecule has 0 N–H and O–H groups in total. The molecule has 0 aromatic rings. The average molecular weight is 308 g/mol. The van der Waals surface area contributed by atoms with Crippen molar-refractivity contribution in [2.24, 2.45) is 0 Å². The van der Waals surface area contributed by atoms with Gasteiger partial charge in [0.15, 0.2) is 0 Å². The van der Waals surface area contributed by atoms with Crippen molar-refractivity contribution in [2.45, 2.75) is 42.7 Å². The highest BCUT2D eigenvalue weighted by Crippen LogP contribution is 2.23. The van der Waals surface area contributed by atoms with Crippen LogP contribution in [-0.4, -0.2) is 46.1 Å². The molecule has 0 radical (unpaired) electrons. The van der Waals surface area contributed by atoms with E-state index in [1.54, 1.807) is 0 Å². The lowest BCUT2D eigenvalue weighted by Crippen LogP contribution is -2.45. The third-order valence-electron chi connectivity index (χ3n) is 3.66. The summed E-state index contributed by atoms with van der Waals surface area (Å²) >= 11 is 2.53. The first-order valence-electron chi connectivity index (χ1n) is 5.89. The Labute approximate surface area is 101 Å². The lowest BCUT2D eigenvalue weighted by Gasteiger charge is -2.37. The molecule has 0 saturated carbocycles. The largest absolute Gasteiger partial charge is 0.300 e. The van der Waals surface area contributed by atoms with E-state index in [2.05, 4.69) is 39.3 Å². The third kappa shape index (κ3) is 2.61. The highest BCUT2D eigenvalue weighted by atomic mass is 127. The van der Waals surface area contributed by atoms with Gasteiger partial charge in [-0.1, -0.05) is 22.6 Å². The fourth-order valence-electron chi connectivity index (χ4n) is 2.71. The van der Waals surface area contributed by atoms with Crippen LogP contribution in [0, 0.1) is 0 Å². The SMILES string of the molecule is CC(I)N1CCC(N2CCCC2)CC1. The molecule has 0 bridgehead atoms. The summed E-state index contributed by atoms with van der Waals surface area (Å²) < 4.78 is 0.715. The molecule has 2 rings (SSSR count). The predicted octanol–water partition coefficient (Wildman–Crippen LogP) is 2.33. The standard InChI is InChI=1S/C11H21IN2/c1-10(12)13-8-4-11(5-9-13)14-6-2-3-7-14/h10-11H,2-9H2,1H3. The zero-order valence-electron chi connectivity index (χ0n) is 9.08. The summed E-state index contributed by atoms with van der Waals surface area (Å²) in [4.78, 5) is 5.32. The van der Waals surface area contributed by atoms with Crippen LogP contribution in [0.2, 0.25) is 0 Å². The number of likely N-dealkylation sites (tertiary alicyclic amines) is 2. The van der Waals surface area contributed by atoms with Crippen molar-refractivity contribution in [3.05, 3.63) is 0 Å². The molecular formula is C11H21IN2. The molecule has 0 aliphatic carbocycles. The molecule has 2 saturated heterocycles. The number of hydrogen-bond acceptors (Lipinski definition) is 2. The van der Waals surface area contributed by atoms with E-state index in [1.165, 1.54) is 51.9 Å². The van der Waals surface area contributed by atoms with Crippen LogP contribution in [0.3, 0.4) is 0 Å². The first-order chi connectivity index (χ1) is 6.77. The van der Waals surface area contributed by atoms with E-state index in [9.17, 15) is 0 Å². The van der Waals surface area contributed by atoms with Crippen molar-refractivity contribution in [1.82, 2.24) is 9.80 Å². The van der Waals surface area contributed by atoms with Gasteiger partial charge in [0.2, 0.25) is 0 Å². The highest BCUT2D eigenvalue weighted by molar-refractivity contribution is 14.1. The Morgan fingerprint density at radius 3 is 2.14 bits per heavy atom. The van der Waals surface area contributed by atoms with E-state index in [4.69, 9.17) is 0 Å². The van der Waals surface area contributed by atoms with Crippen molar-refractivity contribution in [2.75, 3.05) is 26.2 Å². The smallest absolute Gasteiger partial charge is 0.0589 e. The lowest BCUT2D eigenvalue weighted by molar-refractivity contribution is 0.127. The van der Waals surface area contributed by atoms with Crippen molar-refractivity contribution < 1.29 is 0 Å². The first kappa shape index (κ1) is 11.1. The first-order valence-corrected chi connectivity index (χ1v) is 7.14. The van der Waals surface area contributed by atoms with Crippen LogP contribution < -0.4 is 0 Å². The topological polar surface area (TPSA) is 6.48 Å². The summed E-state index contributed by atoms with van der Waals surface area (Å²) in [6.45, 7) is 7.65. The van der Waals surface area contributed by atoms with Crippen molar-refractivity contribution >= 4 is 22.6 Å². The second kappa shape index (κ2) is 5.12. The summed E-state index contributed by atoms with van der Waals surface area (Å²) in [7, 11) is 0. The quantitative estimate of drug-likeness (QED) is 0.439. The van der Waals surface area contributed by atoms with Gasteiger partial charge in [0, 0.05) is 19.1 Å². The van der Waals surface area contributed by atoms with Crippen LogP contribution in [0.4, 0.5) is 0 Å². The molecule has 0 spiro atoms. The maximum absolute atomic E-state index is 2.72. The number of halogens is 1. The van der Waals surface area contributed by atoms with Crippen LogP contribution in [-0.2, 0) is 0 Å². The predicted molar refractivity (Wildman–Crippen MR) is 68.9 cm³/mol. The van der Waals surface area contributed by atoms with Crippen LogP contribution in [0.15, 0.2) is 0 Å². The van der Waals surface area contributed by atoms with Crippen molar-refractivity contribution in [3.63, 3.8) is 0 Å². The number of hydrogen-bond donors (Lipinski definition) is 0. The zero-order valence-corrected chi connectivity index (χ0v) is 11.2. The molecule has 2 heterocycles. The Hall–Kier alpha value is 0.650. The molecule has 82 valence electrons. The van der Waals surface area contributed by atoms with Crippen molar-refractivity contribution in [3.8, 4) is 0 Å². The monoisotopic (exact) mass is 308 g/mol. The third-order valence-corrected chi connectivity index (χ3v) is 4.45. The minimum Gasteiger partial charge on any atom is -0.300 e. The van der Waals surface area contributed by atoms with Gasteiger partial charge in [-0.25, -0.2) is 0 Å². The minimum absolute atomic E-state index is 0.715. The molecule has 2 aliphatic rings. The van der Waals surface area contributed by atoms with E-state index >= 15 is 0 Å². The fourth-order valence-corrected chi connectivity index (χ4v) is 3.27. The molecule has 0 amide bonds. The van der Waals surface area contributed by atoms with Gasteiger partial charge in [-0.15, -0.1) is 0 Å². The molecule has 2 fully saturated rings. The minimum atomic E-state index is 0.715. The maximum Gasteiger partial charge on any atom is 0.0589 e. The Bertz CT molecular complexity index is 170. The van der Waals surface area contributed by atoms with Crippen molar-refractivity contribution in [1.29, 1.82) is 0 Å². The normalized spacial score (nSPS) is 29.6. The number of alkyl halides is 1. The molecule has 3 heteroatoms. The number of nitrogens with zero attached hydrogens (tertiary/aromatic N) is 2. The van der Waals surface area contributed by atoms with Gasteiger partial charge in [0.05, 0.1) is 4.05 Å². The summed E-state index contributed by atoms with van der Waals surface area (Å²) in [5.41, 5.74) is 0. The highest BCUT2D eigenvalue weighted by Gasteiger charge is 2.27. The average Bonchev–Trinajstić information content (AvgIpc) is 2.71. The summed E-state index contributed by atoms with van der Waals surface area (Å²) in [6.07, 6.45) is 5.66. The van der Waals surface area contributed by atoms with E-state index in [1.807, 2.05) is 0 Å². The molecule has 2 nitrogen and oxygen atoms in total. The summed E-state index contributed by atoms with van der Waals surface area (Å²) in [6, 6.07) is 0.906. The van der Waals surface area contributed by atoms with Gasteiger partial charge in [-0.05, 0) is 45.7 Å². The molecule has 14 heavy (non-hydrogen) atoms. The molecular weight excluding hydrogens is 287 g/mol. The van der Waals surface area contributed by atoms with Gasteiger partial charge in [0.25, 0.3) is 0 Å². The molecule has 0 aromatic heterocycles. The van der Waals surface area contributed by atoms with E-state index in [0.29, 0.717) is 4.05 Å². The van der Waals surface area contributed by atoms with Gasteiger partial charge >= 0.3 is 0 Å². The Morgan fingerprint density at radius 1 is 1.07 bits per heavy atom. The Morgan fingerprint density at radius 2 is 1.64 bits per heavy atom. The van der Waals surface area contributed by atoms with Gasteiger partial charge in [-0.2, -0.15) is 0 Å². The van der Waals surface area contributed by atoms with Crippen LogP contribution >= 0.6 is 22.6 Å². The van der Waals surface area contributed by atoms with Gasteiger partial charge in [-0.3, -0.25) is 4.90 Å². The van der Waals surface area contributed by atoms with Gasteiger partial charge in [0.1, 0.15) is 0 Å². The summed E-state index contributed by atoms with van der Waals surface area (Å²) in [5, 5.41) is 0.